The number of fused-ring (bicyclic) bond motifs is 3. The molecule has 3 nitrogen and oxygen atoms in total. The van der Waals surface area contributed by atoms with Crippen molar-refractivity contribution in [1.82, 2.24) is 0 Å². The van der Waals surface area contributed by atoms with E-state index in [1.54, 1.807) is 6.92 Å². The number of carbonyl (C=O) groups is 1. The van der Waals surface area contributed by atoms with Crippen LogP contribution in [0.5, 0.6) is 0 Å². The van der Waals surface area contributed by atoms with Crippen LogP contribution >= 0.6 is 0 Å². The second kappa shape index (κ2) is 3.60. The molecule has 1 saturated heterocycles. The quantitative estimate of drug-likeness (QED) is 0.531. The molecule has 1 N–H and O–H groups in total. The fourth-order valence-corrected chi connectivity index (χ4v) is 4.21. The molecule has 1 heterocycles. The lowest BCUT2D eigenvalue weighted by atomic mass is 9.58. The van der Waals surface area contributed by atoms with Gasteiger partial charge < -0.3 is 9.84 Å². The molecule has 18 heavy (non-hydrogen) atoms. The highest BCUT2D eigenvalue weighted by atomic mass is 16.6. The van der Waals surface area contributed by atoms with Crippen molar-refractivity contribution in [3.8, 4) is 0 Å². The minimum Gasteiger partial charge on any atom is -0.454 e. The number of carbonyl (C=O) groups excluding carboxylic acids is 1. The van der Waals surface area contributed by atoms with Crippen molar-refractivity contribution >= 4 is 5.97 Å². The van der Waals surface area contributed by atoms with Gasteiger partial charge in [0.15, 0.2) is 6.10 Å². The predicted octanol–water partition coefficient (Wildman–Crippen LogP) is 2.58. The molecule has 4 atom stereocenters. The van der Waals surface area contributed by atoms with Crippen LogP contribution in [-0.4, -0.2) is 22.8 Å². The molecule has 0 aromatic heterocycles. The Hall–Kier alpha value is -0.830. The van der Waals surface area contributed by atoms with Gasteiger partial charge in [0.25, 0.3) is 0 Å². The molecule has 3 heteroatoms. The van der Waals surface area contributed by atoms with Crippen molar-refractivity contribution in [2.45, 2.75) is 64.6 Å². The summed E-state index contributed by atoms with van der Waals surface area (Å²) in [6, 6.07) is 0. The normalized spacial score (nSPS) is 47.7. The molecule has 0 aromatic rings. The molecular weight excluding hydrogens is 228 g/mol. The smallest absolute Gasteiger partial charge is 0.312 e. The molecule has 2 fully saturated rings. The first kappa shape index (κ1) is 12.2. The Balaban J connectivity index is 2.10. The molecule has 0 aromatic carbocycles. The lowest BCUT2D eigenvalue weighted by Crippen LogP contribution is -2.52. The van der Waals surface area contributed by atoms with Gasteiger partial charge in [0.1, 0.15) is 5.60 Å². The molecule has 1 unspecified atom stereocenters. The highest BCUT2D eigenvalue weighted by Gasteiger charge is 2.61. The molecule has 0 bridgehead atoms. The van der Waals surface area contributed by atoms with Crippen molar-refractivity contribution in [2.24, 2.45) is 11.3 Å². The van der Waals surface area contributed by atoms with Gasteiger partial charge in [0.05, 0.1) is 5.92 Å². The summed E-state index contributed by atoms with van der Waals surface area (Å²) >= 11 is 0. The molecular formula is C15H22O3. The van der Waals surface area contributed by atoms with Crippen LogP contribution in [0.4, 0.5) is 0 Å². The van der Waals surface area contributed by atoms with Gasteiger partial charge in [0.2, 0.25) is 0 Å². The first-order valence-electron chi connectivity index (χ1n) is 7.01. The maximum absolute atomic E-state index is 11.8. The highest BCUT2D eigenvalue weighted by molar-refractivity contribution is 5.77. The minimum atomic E-state index is -0.968. The van der Waals surface area contributed by atoms with E-state index >= 15 is 0 Å². The molecule has 2 aliphatic carbocycles. The molecule has 3 rings (SSSR count). The maximum atomic E-state index is 11.8. The van der Waals surface area contributed by atoms with Crippen LogP contribution in [0.3, 0.4) is 0 Å². The van der Waals surface area contributed by atoms with Gasteiger partial charge in [-0.05, 0) is 56.9 Å². The fourth-order valence-electron chi connectivity index (χ4n) is 4.21. The zero-order valence-electron chi connectivity index (χ0n) is 11.5. The fraction of sp³-hybridized carbons (Fsp3) is 0.800. The first-order chi connectivity index (χ1) is 8.38. The van der Waals surface area contributed by atoms with E-state index in [2.05, 4.69) is 13.8 Å². The number of hydrogen-bond acceptors (Lipinski definition) is 3. The number of aliphatic hydroxyl groups is 1. The van der Waals surface area contributed by atoms with Gasteiger partial charge in [-0.25, -0.2) is 0 Å². The molecule has 0 radical (unpaired) electrons. The van der Waals surface area contributed by atoms with E-state index in [-0.39, 0.29) is 17.5 Å². The third kappa shape index (κ3) is 1.37. The number of esters is 1. The average Bonchev–Trinajstić information content (AvgIpc) is 2.53. The van der Waals surface area contributed by atoms with Gasteiger partial charge in [-0.15, -0.1) is 0 Å². The molecule has 3 aliphatic rings. The topological polar surface area (TPSA) is 46.5 Å². The summed E-state index contributed by atoms with van der Waals surface area (Å²) in [7, 11) is 0. The van der Waals surface area contributed by atoms with Crippen molar-refractivity contribution in [1.29, 1.82) is 0 Å². The minimum absolute atomic E-state index is 0.129. The lowest BCUT2D eigenvalue weighted by Gasteiger charge is -2.49. The van der Waals surface area contributed by atoms with Gasteiger partial charge >= 0.3 is 5.97 Å². The van der Waals surface area contributed by atoms with Crippen LogP contribution in [0.15, 0.2) is 11.1 Å². The molecule has 100 valence electrons. The van der Waals surface area contributed by atoms with E-state index < -0.39 is 11.5 Å². The van der Waals surface area contributed by atoms with Gasteiger partial charge in [-0.3, -0.25) is 4.79 Å². The van der Waals surface area contributed by atoms with Crippen molar-refractivity contribution < 1.29 is 14.6 Å². The summed E-state index contributed by atoms with van der Waals surface area (Å²) < 4.78 is 5.54. The second-order valence-corrected chi connectivity index (χ2v) is 6.64. The van der Waals surface area contributed by atoms with E-state index in [4.69, 9.17) is 4.74 Å². The monoisotopic (exact) mass is 250 g/mol. The molecule has 0 spiro atoms. The van der Waals surface area contributed by atoms with E-state index in [9.17, 15) is 9.90 Å². The summed E-state index contributed by atoms with van der Waals surface area (Å²) in [5.74, 6) is -0.633. The van der Waals surface area contributed by atoms with Crippen LogP contribution in [0, 0.1) is 11.3 Å². The van der Waals surface area contributed by atoms with E-state index in [0.29, 0.717) is 6.42 Å². The Labute approximate surface area is 108 Å². The largest absolute Gasteiger partial charge is 0.454 e. The molecule has 1 saturated carbocycles. The lowest BCUT2D eigenvalue weighted by molar-refractivity contribution is -0.143. The zero-order valence-corrected chi connectivity index (χ0v) is 11.5. The van der Waals surface area contributed by atoms with Gasteiger partial charge in [-0.1, -0.05) is 12.5 Å². The first-order valence-corrected chi connectivity index (χ1v) is 7.01. The van der Waals surface area contributed by atoms with E-state index in [0.717, 1.165) is 19.3 Å². The van der Waals surface area contributed by atoms with Crippen LogP contribution in [0.2, 0.25) is 0 Å². The Morgan fingerprint density at radius 2 is 2.06 bits per heavy atom. The van der Waals surface area contributed by atoms with Crippen LogP contribution in [0.1, 0.15) is 52.9 Å². The van der Waals surface area contributed by atoms with Crippen molar-refractivity contribution in [2.75, 3.05) is 0 Å². The van der Waals surface area contributed by atoms with Crippen molar-refractivity contribution in [3.05, 3.63) is 11.1 Å². The maximum Gasteiger partial charge on any atom is 0.312 e. The van der Waals surface area contributed by atoms with Gasteiger partial charge in [0, 0.05) is 0 Å². The zero-order chi connectivity index (χ0) is 13.1. The molecule has 1 aliphatic heterocycles. The van der Waals surface area contributed by atoms with Crippen molar-refractivity contribution in [3.63, 3.8) is 0 Å². The number of allylic oxidation sites excluding steroid dienone is 1. The number of rotatable bonds is 0. The number of hydrogen-bond donors (Lipinski definition) is 1. The standard InChI is InChI=1S/C15H22O3/c1-9-5-4-6-14(3)7-8-15(17)10(2)13(16)18-12(15)11(9)14/h10,12,17H,4-8H2,1-3H3/t10?,12-,14+,15+/m0/s1. The average molecular weight is 250 g/mol. The highest BCUT2D eigenvalue weighted by Crippen LogP contribution is 2.56. The molecule has 0 amide bonds. The van der Waals surface area contributed by atoms with Gasteiger partial charge in [-0.2, -0.15) is 0 Å². The third-order valence-corrected chi connectivity index (χ3v) is 5.52. The number of ether oxygens (including phenoxy) is 1. The van der Waals surface area contributed by atoms with Crippen LogP contribution in [-0.2, 0) is 9.53 Å². The third-order valence-electron chi connectivity index (χ3n) is 5.52. The summed E-state index contributed by atoms with van der Waals surface area (Å²) in [6.45, 7) is 6.19. The van der Waals surface area contributed by atoms with Crippen LogP contribution < -0.4 is 0 Å². The summed E-state index contributed by atoms with van der Waals surface area (Å²) in [4.78, 5) is 11.8. The second-order valence-electron chi connectivity index (χ2n) is 6.64. The Morgan fingerprint density at radius 3 is 2.78 bits per heavy atom. The van der Waals surface area contributed by atoms with Crippen LogP contribution in [0.25, 0.3) is 0 Å². The SMILES string of the molecule is CC1=C2[C@@H]3OC(=O)C(C)[C@]3(O)CC[C@@]2(C)CCC1. The van der Waals surface area contributed by atoms with E-state index in [1.807, 2.05) is 0 Å². The Kier molecular flexibility index (Phi) is 2.44. The summed E-state index contributed by atoms with van der Waals surface area (Å²) in [5, 5.41) is 10.8. The predicted molar refractivity (Wildman–Crippen MR) is 67.9 cm³/mol. The Morgan fingerprint density at radius 1 is 1.33 bits per heavy atom. The summed E-state index contributed by atoms with van der Waals surface area (Å²) in [6.07, 6.45) is 4.69. The van der Waals surface area contributed by atoms with E-state index in [1.165, 1.54) is 17.6 Å². The summed E-state index contributed by atoms with van der Waals surface area (Å²) in [5.41, 5.74) is 1.71. The Bertz CT molecular complexity index is 439.